The van der Waals surface area contributed by atoms with Crippen molar-refractivity contribution < 1.29 is 8.42 Å². The normalized spacial score (nSPS) is 11.8. The molecule has 102 valence electrons. The van der Waals surface area contributed by atoms with E-state index in [9.17, 15) is 8.42 Å². The van der Waals surface area contributed by atoms with Gasteiger partial charge in [0.05, 0.1) is 15.3 Å². The molecular weight excluding hydrogens is 292 g/mol. The Balaban J connectivity index is 2.09. The van der Waals surface area contributed by atoms with Gasteiger partial charge in [0.15, 0.2) is 9.84 Å². The molecule has 1 heterocycles. The van der Waals surface area contributed by atoms with Crippen LogP contribution >= 0.6 is 11.3 Å². The fourth-order valence-electron chi connectivity index (χ4n) is 1.94. The molecule has 0 unspecified atom stereocenters. The molecule has 0 aliphatic rings. The van der Waals surface area contributed by atoms with Crippen molar-refractivity contribution in [2.24, 2.45) is 0 Å². The van der Waals surface area contributed by atoms with Crippen LogP contribution in [-0.4, -0.2) is 19.7 Å². The van der Waals surface area contributed by atoms with E-state index in [1.165, 1.54) is 17.6 Å². The molecule has 1 aromatic heterocycles. The molecule has 0 amide bonds. The molecule has 0 aliphatic carbocycles. The Morgan fingerprint density at radius 2 is 1.80 bits per heavy atom. The number of hydrogen-bond acceptors (Lipinski definition) is 5. The molecule has 3 aromatic rings. The van der Waals surface area contributed by atoms with Gasteiger partial charge in [-0.05, 0) is 24.3 Å². The van der Waals surface area contributed by atoms with Crippen molar-refractivity contribution in [3.63, 3.8) is 0 Å². The third-order valence-electron chi connectivity index (χ3n) is 2.98. The molecule has 4 nitrogen and oxygen atoms in total. The lowest BCUT2D eigenvalue weighted by atomic mass is 10.2. The van der Waals surface area contributed by atoms with Gasteiger partial charge in [0.25, 0.3) is 0 Å². The number of fused-ring (bicyclic) bond motifs is 1. The lowest BCUT2D eigenvalue weighted by molar-refractivity contribution is 0.602. The van der Waals surface area contributed by atoms with Crippen LogP contribution < -0.4 is 5.73 Å². The maximum Gasteiger partial charge on any atom is 0.175 e. The molecule has 0 radical (unpaired) electrons. The highest BCUT2D eigenvalue weighted by Gasteiger charge is 2.10. The van der Waals surface area contributed by atoms with Crippen LogP contribution in [-0.2, 0) is 9.84 Å². The number of thiazole rings is 1. The standard InChI is InChI=1S/C14H12N2O2S2/c1-20(17,18)10-7-5-9(6-8-10)14-16-13-11(15)3-2-4-12(13)19-14/h2-8H,15H2,1H3. The topological polar surface area (TPSA) is 73.0 Å². The first-order valence-electron chi connectivity index (χ1n) is 5.91. The van der Waals surface area contributed by atoms with E-state index in [1.807, 2.05) is 18.2 Å². The van der Waals surface area contributed by atoms with Crippen molar-refractivity contribution >= 4 is 37.1 Å². The summed E-state index contributed by atoms with van der Waals surface area (Å²) in [6.45, 7) is 0. The third kappa shape index (κ3) is 2.28. The highest BCUT2D eigenvalue weighted by atomic mass is 32.2. The Bertz CT molecular complexity index is 881. The second-order valence-corrected chi connectivity index (χ2v) is 7.56. The first-order valence-corrected chi connectivity index (χ1v) is 8.61. The first-order chi connectivity index (χ1) is 9.45. The fraction of sp³-hybridized carbons (Fsp3) is 0.0714. The Hall–Kier alpha value is -1.92. The number of aromatic nitrogens is 1. The van der Waals surface area contributed by atoms with Crippen molar-refractivity contribution in [2.45, 2.75) is 4.90 Å². The minimum Gasteiger partial charge on any atom is -0.397 e. The lowest BCUT2D eigenvalue weighted by Gasteiger charge is -1.99. The van der Waals surface area contributed by atoms with Crippen molar-refractivity contribution in [3.05, 3.63) is 42.5 Å². The van der Waals surface area contributed by atoms with Crippen LogP contribution in [0, 0.1) is 0 Å². The first kappa shape index (κ1) is 13.1. The van der Waals surface area contributed by atoms with Crippen molar-refractivity contribution in [3.8, 4) is 10.6 Å². The van der Waals surface area contributed by atoms with Gasteiger partial charge in [0, 0.05) is 11.8 Å². The summed E-state index contributed by atoms with van der Waals surface area (Å²) in [4.78, 5) is 4.83. The highest BCUT2D eigenvalue weighted by Crippen LogP contribution is 2.32. The molecule has 2 N–H and O–H groups in total. The van der Waals surface area contributed by atoms with E-state index in [1.54, 1.807) is 24.3 Å². The van der Waals surface area contributed by atoms with Crippen LogP contribution in [0.4, 0.5) is 5.69 Å². The van der Waals surface area contributed by atoms with Gasteiger partial charge < -0.3 is 5.73 Å². The number of para-hydroxylation sites is 1. The van der Waals surface area contributed by atoms with E-state index in [-0.39, 0.29) is 0 Å². The van der Waals surface area contributed by atoms with E-state index < -0.39 is 9.84 Å². The van der Waals surface area contributed by atoms with Gasteiger partial charge in [-0.3, -0.25) is 0 Å². The summed E-state index contributed by atoms with van der Waals surface area (Å²) in [5, 5.41) is 0.831. The van der Waals surface area contributed by atoms with Gasteiger partial charge in [-0.2, -0.15) is 0 Å². The van der Waals surface area contributed by atoms with E-state index >= 15 is 0 Å². The van der Waals surface area contributed by atoms with Crippen LogP contribution in [0.15, 0.2) is 47.4 Å². The Labute approximate surface area is 120 Å². The second kappa shape index (κ2) is 4.57. The molecule has 3 rings (SSSR count). The van der Waals surface area contributed by atoms with Gasteiger partial charge >= 0.3 is 0 Å². The number of nitrogen functional groups attached to an aromatic ring is 1. The summed E-state index contributed by atoms with van der Waals surface area (Å²) in [6, 6.07) is 12.4. The molecule has 0 spiro atoms. The van der Waals surface area contributed by atoms with Gasteiger partial charge in [0.1, 0.15) is 10.5 Å². The minimum absolute atomic E-state index is 0.307. The van der Waals surface area contributed by atoms with Crippen LogP contribution in [0.2, 0.25) is 0 Å². The van der Waals surface area contributed by atoms with Gasteiger partial charge in [-0.1, -0.05) is 18.2 Å². The molecule has 0 bridgehead atoms. The van der Waals surface area contributed by atoms with E-state index in [0.717, 1.165) is 20.8 Å². The molecule has 0 saturated carbocycles. The van der Waals surface area contributed by atoms with Crippen molar-refractivity contribution in [2.75, 3.05) is 12.0 Å². The van der Waals surface area contributed by atoms with E-state index in [2.05, 4.69) is 4.98 Å². The zero-order chi connectivity index (χ0) is 14.3. The van der Waals surface area contributed by atoms with Crippen molar-refractivity contribution in [1.82, 2.24) is 4.98 Å². The summed E-state index contributed by atoms with van der Waals surface area (Å²) < 4.78 is 23.9. The third-order valence-corrected chi connectivity index (χ3v) is 5.18. The van der Waals surface area contributed by atoms with E-state index in [4.69, 9.17) is 5.73 Å². The minimum atomic E-state index is -3.17. The Morgan fingerprint density at radius 3 is 2.40 bits per heavy atom. The van der Waals surface area contributed by atoms with Crippen molar-refractivity contribution in [1.29, 1.82) is 0 Å². The zero-order valence-corrected chi connectivity index (χ0v) is 12.3. The fourth-order valence-corrected chi connectivity index (χ4v) is 3.57. The zero-order valence-electron chi connectivity index (χ0n) is 10.7. The van der Waals surface area contributed by atoms with Gasteiger partial charge in [-0.25, -0.2) is 13.4 Å². The predicted molar refractivity (Wildman–Crippen MR) is 82.6 cm³/mol. The maximum absolute atomic E-state index is 11.4. The summed E-state index contributed by atoms with van der Waals surface area (Å²) in [7, 11) is -3.17. The summed E-state index contributed by atoms with van der Waals surface area (Å²) in [5.74, 6) is 0. The van der Waals surface area contributed by atoms with Crippen LogP contribution in [0.25, 0.3) is 20.8 Å². The molecule has 6 heteroatoms. The number of nitrogens with zero attached hydrogens (tertiary/aromatic N) is 1. The molecule has 20 heavy (non-hydrogen) atoms. The quantitative estimate of drug-likeness (QED) is 0.739. The SMILES string of the molecule is CS(=O)(=O)c1ccc(-c2nc3c(N)cccc3s2)cc1. The Kier molecular flexibility index (Phi) is 2.99. The number of rotatable bonds is 2. The molecule has 2 aromatic carbocycles. The monoisotopic (exact) mass is 304 g/mol. The van der Waals surface area contributed by atoms with Crippen LogP contribution in [0.3, 0.4) is 0 Å². The average molecular weight is 304 g/mol. The van der Waals surface area contributed by atoms with Crippen LogP contribution in [0.5, 0.6) is 0 Å². The number of hydrogen-bond donors (Lipinski definition) is 1. The van der Waals surface area contributed by atoms with E-state index in [0.29, 0.717) is 10.6 Å². The largest absolute Gasteiger partial charge is 0.397 e. The molecule has 0 aliphatic heterocycles. The number of nitrogens with two attached hydrogens (primary N) is 1. The number of anilines is 1. The maximum atomic E-state index is 11.4. The Morgan fingerprint density at radius 1 is 1.10 bits per heavy atom. The predicted octanol–water partition coefficient (Wildman–Crippen LogP) is 2.95. The molecule has 0 atom stereocenters. The molecule has 0 saturated heterocycles. The smallest absolute Gasteiger partial charge is 0.175 e. The van der Waals surface area contributed by atoms with Gasteiger partial charge in [0.2, 0.25) is 0 Å². The molecule has 0 fully saturated rings. The highest BCUT2D eigenvalue weighted by molar-refractivity contribution is 7.90. The summed E-state index contributed by atoms with van der Waals surface area (Å²) >= 11 is 1.54. The lowest BCUT2D eigenvalue weighted by Crippen LogP contribution is -1.96. The molecular formula is C14H12N2O2S2. The van der Waals surface area contributed by atoms with Gasteiger partial charge in [-0.15, -0.1) is 11.3 Å². The average Bonchev–Trinajstić information content (AvgIpc) is 2.83. The van der Waals surface area contributed by atoms with Crippen LogP contribution in [0.1, 0.15) is 0 Å². The number of benzene rings is 2. The summed E-state index contributed by atoms with van der Waals surface area (Å²) in [5.41, 5.74) is 8.22. The number of sulfone groups is 1. The second-order valence-electron chi connectivity index (χ2n) is 4.51. The summed E-state index contributed by atoms with van der Waals surface area (Å²) in [6.07, 6.45) is 1.19.